The lowest BCUT2D eigenvalue weighted by Crippen LogP contribution is -2.26. The third-order valence-electron chi connectivity index (χ3n) is 4.68. The van der Waals surface area contributed by atoms with E-state index in [1.165, 1.54) is 4.68 Å². The van der Waals surface area contributed by atoms with Gasteiger partial charge in [-0.05, 0) is 37.0 Å². The minimum absolute atomic E-state index is 0.0124. The fraction of sp³-hybridized carbons (Fsp3) is 0.421. The van der Waals surface area contributed by atoms with E-state index in [1.807, 2.05) is 24.3 Å². The van der Waals surface area contributed by atoms with Crippen molar-refractivity contribution in [2.45, 2.75) is 32.1 Å². The molecular weight excluding hydrogens is 352 g/mol. The summed E-state index contributed by atoms with van der Waals surface area (Å²) in [6.45, 7) is 0.486. The van der Waals surface area contributed by atoms with Gasteiger partial charge < -0.3 is 10.6 Å². The first-order valence-electron chi connectivity index (χ1n) is 8.90. The summed E-state index contributed by atoms with van der Waals surface area (Å²) in [4.78, 5) is 24.5. The molecule has 2 aromatic rings. The molecule has 1 aromatic carbocycles. The highest BCUT2D eigenvalue weighted by Gasteiger charge is 2.24. The predicted octanol–water partition coefficient (Wildman–Crippen LogP) is 3.17. The van der Waals surface area contributed by atoms with E-state index < -0.39 is 0 Å². The van der Waals surface area contributed by atoms with E-state index in [0.29, 0.717) is 29.5 Å². The van der Waals surface area contributed by atoms with Crippen LogP contribution in [0.2, 0.25) is 5.02 Å². The molecule has 0 radical (unpaired) electrons. The maximum atomic E-state index is 12.3. The number of benzene rings is 1. The Morgan fingerprint density at radius 2 is 2.04 bits per heavy atom. The molecule has 2 amide bonds. The first-order valence-corrected chi connectivity index (χ1v) is 9.28. The number of anilines is 1. The monoisotopic (exact) mass is 374 g/mol. The first-order chi connectivity index (χ1) is 12.5. The summed E-state index contributed by atoms with van der Waals surface area (Å²) in [5.74, 6) is 0.365. The second-order valence-corrected chi connectivity index (χ2v) is 7.08. The number of rotatable bonds is 6. The summed E-state index contributed by atoms with van der Waals surface area (Å²) in [5, 5.41) is 10.6. The fourth-order valence-electron chi connectivity index (χ4n) is 3.21. The molecule has 1 aliphatic carbocycles. The van der Waals surface area contributed by atoms with Crippen LogP contribution in [0.15, 0.2) is 30.3 Å². The third kappa shape index (κ3) is 4.64. The summed E-state index contributed by atoms with van der Waals surface area (Å²) in [6.07, 6.45) is 4.75. The second-order valence-electron chi connectivity index (χ2n) is 6.64. The molecule has 1 heterocycles. The molecule has 7 heteroatoms. The Kier molecular flexibility index (Phi) is 5.93. The quantitative estimate of drug-likeness (QED) is 0.815. The van der Waals surface area contributed by atoms with Crippen LogP contribution in [-0.4, -0.2) is 28.1 Å². The molecule has 1 aliphatic rings. The van der Waals surface area contributed by atoms with Crippen molar-refractivity contribution in [1.29, 1.82) is 0 Å². The molecule has 1 fully saturated rings. The lowest BCUT2D eigenvalue weighted by Gasteiger charge is -2.09. The van der Waals surface area contributed by atoms with E-state index >= 15 is 0 Å². The van der Waals surface area contributed by atoms with Gasteiger partial charge >= 0.3 is 0 Å². The summed E-state index contributed by atoms with van der Waals surface area (Å²) in [6, 6.07) is 9.17. The van der Waals surface area contributed by atoms with Crippen molar-refractivity contribution in [2.75, 3.05) is 11.9 Å². The molecule has 138 valence electrons. The van der Waals surface area contributed by atoms with Crippen molar-refractivity contribution in [1.82, 2.24) is 15.1 Å². The number of amides is 2. The van der Waals surface area contributed by atoms with Crippen LogP contribution in [0.25, 0.3) is 0 Å². The van der Waals surface area contributed by atoms with Gasteiger partial charge in [-0.1, -0.05) is 36.6 Å². The first kappa shape index (κ1) is 18.5. The van der Waals surface area contributed by atoms with Gasteiger partial charge in [0.25, 0.3) is 5.91 Å². The number of aromatic nitrogens is 2. The number of hydrogen-bond donors (Lipinski definition) is 2. The molecule has 0 saturated heterocycles. The van der Waals surface area contributed by atoms with E-state index in [0.717, 1.165) is 31.2 Å². The van der Waals surface area contributed by atoms with Gasteiger partial charge in [-0.15, -0.1) is 0 Å². The van der Waals surface area contributed by atoms with Crippen LogP contribution in [0.3, 0.4) is 0 Å². The molecular formula is C19H23ClN4O2. The van der Waals surface area contributed by atoms with Crippen LogP contribution in [-0.2, 0) is 18.3 Å². The van der Waals surface area contributed by atoms with Crippen molar-refractivity contribution in [3.63, 3.8) is 0 Å². The van der Waals surface area contributed by atoms with Crippen molar-refractivity contribution in [3.8, 4) is 0 Å². The standard InChI is InChI=1S/C19H23ClN4O2/c1-24-17(22-18(25)14-6-2-3-7-14)12-16(23-24)19(26)21-10-9-13-5-4-8-15(20)11-13/h4-5,8,11-12,14H,2-3,6-7,9-10H2,1H3,(H,21,26)(H,22,25). The van der Waals surface area contributed by atoms with Gasteiger partial charge in [0.05, 0.1) is 0 Å². The fourth-order valence-corrected chi connectivity index (χ4v) is 3.43. The van der Waals surface area contributed by atoms with Gasteiger partial charge in [0.15, 0.2) is 5.69 Å². The van der Waals surface area contributed by atoms with E-state index in [-0.39, 0.29) is 17.7 Å². The van der Waals surface area contributed by atoms with E-state index in [4.69, 9.17) is 11.6 Å². The molecule has 0 aliphatic heterocycles. The lowest BCUT2D eigenvalue weighted by atomic mass is 10.1. The Bertz CT molecular complexity index is 797. The molecule has 0 bridgehead atoms. The smallest absolute Gasteiger partial charge is 0.271 e. The molecule has 0 unspecified atom stereocenters. The normalized spacial score (nSPS) is 14.4. The van der Waals surface area contributed by atoms with Gasteiger partial charge in [-0.3, -0.25) is 14.3 Å². The Morgan fingerprint density at radius 1 is 1.27 bits per heavy atom. The molecule has 1 saturated carbocycles. The number of carbonyl (C=O) groups is 2. The molecule has 0 atom stereocenters. The Labute approximate surface area is 157 Å². The second kappa shape index (κ2) is 8.36. The molecule has 1 aromatic heterocycles. The largest absolute Gasteiger partial charge is 0.350 e. The van der Waals surface area contributed by atoms with Crippen molar-refractivity contribution >= 4 is 29.2 Å². The van der Waals surface area contributed by atoms with Crippen molar-refractivity contribution < 1.29 is 9.59 Å². The van der Waals surface area contributed by atoms with Gasteiger partial charge in [0.1, 0.15) is 5.82 Å². The molecule has 3 rings (SSSR count). The average Bonchev–Trinajstić information content (AvgIpc) is 3.25. The minimum Gasteiger partial charge on any atom is -0.350 e. The van der Waals surface area contributed by atoms with Crippen LogP contribution in [0.4, 0.5) is 5.82 Å². The Hall–Kier alpha value is -2.34. The molecule has 2 N–H and O–H groups in total. The number of carbonyl (C=O) groups excluding carboxylic acids is 2. The Balaban J connectivity index is 1.53. The summed E-state index contributed by atoms with van der Waals surface area (Å²) < 4.78 is 1.53. The average molecular weight is 375 g/mol. The molecule has 6 nitrogen and oxygen atoms in total. The van der Waals surface area contributed by atoms with E-state index in [9.17, 15) is 9.59 Å². The number of hydrogen-bond acceptors (Lipinski definition) is 3. The van der Waals surface area contributed by atoms with Crippen LogP contribution < -0.4 is 10.6 Å². The number of halogens is 1. The minimum atomic E-state index is -0.260. The van der Waals surface area contributed by atoms with Crippen molar-refractivity contribution in [3.05, 3.63) is 46.6 Å². The highest BCUT2D eigenvalue weighted by molar-refractivity contribution is 6.30. The van der Waals surface area contributed by atoms with Crippen molar-refractivity contribution in [2.24, 2.45) is 13.0 Å². The highest BCUT2D eigenvalue weighted by atomic mass is 35.5. The highest BCUT2D eigenvalue weighted by Crippen LogP contribution is 2.26. The lowest BCUT2D eigenvalue weighted by molar-refractivity contribution is -0.119. The van der Waals surface area contributed by atoms with Crippen LogP contribution >= 0.6 is 11.6 Å². The molecule has 0 spiro atoms. The third-order valence-corrected chi connectivity index (χ3v) is 4.91. The number of nitrogens with zero attached hydrogens (tertiary/aromatic N) is 2. The summed E-state index contributed by atoms with van der Waals surface area (Å²) in [7, 11) is 1.72. The maximum absolute atomic E-state index is 12.3. The van der Waals surface area contributed by atoms with Gasteiger partial charge in [-0.2, -0.15) is 5.10 Å². The zero-order chi connectivity index (χ0) is 18.5. The van der Waals surface area contributed by atoms with Crippen LogP contribution in [0, 0.1) is 5.92 Å². The zero-order valence-corrected chi connectivity index (χ0v) is 15.6. The Morgan fingerprint density at radius 3 is 2.77 bits per heavy atom. The predicted molar refractivity (Wildman–Crippen MR) is 101 cm³/mol. The SMILES string of the molecule is Cn1nc(C(=O)NCCc2cccc(Cl)c2)cc1NC(=O)C1CCCC1. The molecule has 26 heavy (non-hydrogen) atoms. The summed E-state index contributed by atoms with van der Waals surface area (Å²) in [5.41, 5.74) is 1.35. The van der Waals surface area contributed by atoms with Gasteiger partial charge in [0.2, 0.25) is 5.91 Å². The topological polar surface area (TPSA) is 76.0 Å². The van der Waals surface area contributed by atoms with Gasteiger partial charge in [0, 0.05) is 30.6 Å². The van der Waals surface area contributed by atoms with Crippen LogP contribution in [0.5, 0.6) is 0 Å². The summed E-state index contributed by atoms with van der Waals surface area (Å²) >= 11 is 5.96. The number of nitrogens with one attached hydrogen (secondary N) is 2. The van der Waals surface area contributed by atoms with E-state index in [1.54, 1.807) is 13.1 Å². The van der Waals surface area contributed by atoms with Gasteiger partial charge in [-0.25, -0.2) is 0 Å². The van der Waals surface area contributed by atoms with E-state index in [2.05, 4.69) is 15.7 Å². The van der Waals surface area contributed by atoms with Crippen LogP contribution in [0.1, 0.15) is 41.7 Å². The number of aryl methyl sites for hydroxylation is 1. The zero-order valence-electron chi connectivity index (χ0n) is 14.8. The maximum Gasteiger partial charge on any atom is 0.271 e.